The molecule has 0 bridgehead atoms. The summed E-state index contributed by atoms with van der Waals surface area (Å²) < 4.78 is 1.96. The van der Waals surface area contributed by atoms with E-state index in [1.165, 1.54) is 4.90 Å². The fourth-order valence-corrected chi connectivity index (χ4v) is 3.97. The molecule has 1 aromatic carbocycles. The molecule has 0 radical (unpaired) electrons. The zero-order chi connectivity index (χ0) is 14.4. The number of benzene rings is 1. The van der Waals surface area contributed by atoms with Gasteiger partial charge in [-0.3, -0.25) is 0 Å². The summed E-state index contributed by atoms with van der Waals surface area (Å²) in [5.74, 6) is 1.11. The van der Waals surface area contributed by atoms with Crippen LogP contribution in [-0.4, -0.2) is 25.7 Å². The Balaban J connectivity index is 1.77. The lowest BCUT2D eigenvalue weighted by atomic mass is 10.4. The number of aromatic nitrogens is 2. The Kier molecular flexibility index (Phi) is 6.01. The van der Waals surface area contributed by atoms with Gasteiger partial charge in [-0.15, -0.1) is 11.8 Å². The van der Waals surface area contributed by atoms with Crippen LogP contribution in [0, 0.1) is 0 Å². The molecule has 2 aromatic rings. The van der Waals surface area contributed by atoms with Crippen molar-refractivity contribution in [2.45, 2.75) is 35.3 Å². The fourth-order valence-electron chi connectivity index (χ4n) is 1.78. The first kappa shape index (κ1) is 15.5. The number of hydrogen-bond donors (Lipinski definition) is 1. The minimum atomic E-state index is 0.0439. The predicted molar refractivity (Wildman–Crippen MR) is 86.2 cm³/mol. The van der Waals surface area contributed by atoms with Crippen LogP contribution in [0.25, 0.3) is 0 Å². The summed E-state index contributed by atoms with van der Waals surface area (Å²) in [6.07, 6.45) is 2.87. The normalized spacial score (nSPS) is 12.6. The molecule has 0 aliphatic heterocycles. The fraction of sp³-hybridized carbons (Fsp3) is 0.400. The first-order valence-electron chi connectivity index (χ1n) is 6.66. The highest BCUT2D eigenvalue weighted by atomic mass is 32.2. The van der Waals surface area contributed by atoms with E-state index in [1.807, 2.05) is 29.4 Å². The molecule has 1 unspecified atom stereocenters. The van der Waals surface area contributed by atoms with Gasteiger partial charge >= 0.3 is 0 Å². The second-order valence-corrected chi connectivity index (χ2v) is 7.20. The topological polar surface area (TPSA) is 38.1 Å². The van der Waals surface area contributed by atoms with E-state index in [2.05, 4.69) is 36.2 Å². The Morgan fingerprint density at radius 3 is 2.70 bits per heavy atom. The summed E-state index contributed by atoms with van der Waals surface area (Å²) in [5, 5.41) is 10.7. The maximum Gasteiger partial charge on any atom is 0.168 e. The molecule has 3 nitrogen and oxygen atoms in total. The molecule has 0 fully saturated rings. The van der Waals surface area contributed by atoms with Crippen LogP contribution in [0.4, 0.5) is 0 Å². The standard InChI is InChI=1S/C15H20N2OS2/c1-12(8-9-19-14-6-4-3-5-7-14)20-15-16-10-13(11-18)17(15)2/h3-7,10,12,18H,8-9,11H2,1-2H3. The van der Waals surface area contributed by atoms with Crippen LogP contribution in [0.15, 0.2) is 46.6 Å². The van der Waals surface area contributed by atoms with Crippen LogP contribution in [0.2, 0.25) is 0 Å². The molecule has 1 aromatic heterocycles. The SMILES string of the molecule is CC(CCSc1ccccc1)Sc1ncc(CO)n1C. The van der Waals surface area contributed by atoms with Crippen molar-refractivity contribution >= 4 is 23.5 Å². The van der Waals surface area contributed by atoms with Gasteiger partial charge < -0.3 is 9.67 Å². The van der Waals surface area contributed by atoms with Crippen molar-refractivity contribution in [2.24, 2.45) is 7.05 Å². The van der Waals surface area contributed by atoms with Crippen molar-refractivity contribution in [3.8, 4) is 0 Å². The zero-order valence-corrected chi connectivity index (χ0v) is 13.5. The molecule has 0 aliphatic carbocycles. The van der Waals surface area contributed by atoms with E-state index in [1.54, 1.807) is 18.0 Å². The molecule has 1 atom stereocenters. The van der Waals surface area contributed by atoms with E-state index in [4.69, 9.17) is 5.11 Å². The van der Waals surface area contributed by atoms with Gasteiger partial charge in [-0.1, -0.05) is 36.9 Å². The lowest BCUT2D eigenvalue weighted by Gasteiger charge is -2.11. The Morgan fingerprint density at radius 2 is 2.05 bits per heavy atom. The van der Waals surface area contributed by atoms with Crippen molar-refractivity contribution in [2.75, 3.05) is 5.75 Å². The highest BCUT2D eigenvalue weighted by molar-refractivity contribution is 8.00. The third-order valence-electron chi connectivity index (χ3n) is 3.05. The summed E-state index contributed by atoms with van der Waals surface area (Å²) >= 11 is 3.66. The average molecular weight is 308 g/mol. The van der Waals surface area contributed by atoms with Gasteiger partial charge in [0.15, 0.2) is 5.16 Å². The number of nitrogens with zero attached hydrogens (tertiary/aromatic N) is 2. The Bertz CT molecular complexity index is 528. The van der Waals surface area contributed by atoms with E-state index in [0.717, 1.165) is 23.0 Å². The molecule has 20 heavy (non-hydrogen) atoms. The second-order valence-electron chi connectivity index (χ2n) is 4.63. The molecule has 0 aliphatic rings. The summed E-state index contributed by atoms with van der Waals surface area (Å²) in [5.41, 5.74) is 0.860. The van der Waals surface area contributed by atoms with Crippen LogP contribution in [-0.2, 0) is 13.7 Å². The van der Waals surface area contributed by atoms with Crippen LogP contribution in [0.1, 0.15) is 19.0 Å². The lowest BCUT2D eigenvalue weighted by Crippen LogP contribution is -2.03. The highest BCUT2D eigenvalue weighted by Crippen LogP contribution is 2.27. The average Bonchev–Trinajstić information content (AvgIpc) is 2.81. The number of aliphatic hydroxyl groups excluding tert-OH is 1. The molecule has 0 saturated carbocycles. The maximum absolute atomic E-state index is 9.16. The molecule has 0 spiro atoms. The predicted octanol–water partition coefficient (Wildman–Crippen LogP) is 3.58. The maximum atomic E-state index is 9.16. The van der Waals surface area contributed by atoms with Crippen LogP contribution < -0.4 is 0 Å². The molecule has 0 saturated heterocycles. The zero-order valence-electron chi connectivity index (χ0n) is 11.8. The number of rotatable bonds is 7. The van der Waals surface area contributed by atoms with Gasteiger partial charge in [-0.2, -0.15) is 0 Å². The highest BCUT2D eigenvalue weighted by Gasteiger charge is 2.11. The third-order valence-corrected chi connectivity index (χ3v) is 5.32. The quantitative estimate of drug-likeness (QED) is 0.794. The molecule has 1 N–H and O–H groups in total. The van der Waals surface area contributed by atoms with Crippen molar-refractivity contribution in [3.63, 3.8) is 0 Å². The Labute approximate surface area is 128 Å². The van der Waals surface area contributed by atoms with E-state index in [9.17, 15) is 0 Å². The monoisotopic (exact) mass is 308 g/mol. The van der Waals surface area contributed by atoms with Gasteiger partial charge in [0, 0.05) is 17.2 Å². The van der Waals surface area contributed by atoms with E-state index < -0.39 is 0 Å². The first-order valence-corrected chi connectivity index (χ1v) is 8.53. The van der Waals surface area contributed by atoms with Crippen LogP contribution in [0.3, 0.4) is 0 Å². The van der Waals surface area contributed by atoms with Crippen molar-refractivity contribution in [1.29, 1.82) is 0 Å². The van der Waals surface area contributed by atoms with Crippen LogP contribution in [0.5, 0.6) is 0 Å². The summed E-state index contributed by atoms with van der Waals surface area (Å²) in [7, 11) is 1.95. The van der Waals surface area contributed by atoms with Crippen molar-refractivity contribution in [3.05, 3.63) is 42.2 Å². The molecule has 2 rings (SSSR count). The van der Waals surface area contributed by atoms with Gasteiger partial charge in [0.2, 0.25) is 0 Å². The number of aliphatic hydroxyl groups is 1. The van der Waals surface area contributed by atoms with Crippen molar-refractivity contribution in [1.82, 2.24) is 9.55 Å². The molecule has 108 valence electrons. The van der Waals surface area contributed by atoms with E-state index in [-0.39, 0.29) is 6.61 Å². The Hall–Kier alpha value is -0.910. The molecule has 5 heteroatoms. The smallest absolute Gasteiger partial charge is 0.168 e. The molecule has 1 heterocycles. The summed E-state index contributed by atoms with van der Waals surface area (Å²) in [6.45, 7) is 2.27. The number of imidazole rings is 1. The van der Waals surface area contributed by atoms with Gasteiger partial charge in [-0.05, 0) is 24.3 Å². The van der Waals surface area contributed by atoms with Gasteiger partial charge in [0.05, 0.1) is 18.5 Å². The Morgan fingerprint density at radius 1 is 1.30 bits per heavy atom. The minimum absolute atomic E-state index is 0.0439. The van der Waals surface area contributed by atoms with Crippen molar-refractivity contribution < 1.29 is 5.11 Å². The van der Waals surface area contributed by atoms with Gasteiger partial charge in [0.25, 0.3) is 0 Å². The molecular weight excluding hydrogens is 288 g/mol. The molecular formula is C15H20N2OS2. The number of thioether (sulfide) groups is 2. The third kappa shape index (κ3) is 4.30. The second kappa shape index (κ2) is 7.76. The lowest BCUT2D eigenvalue weighted by molar-refractivity contribution is 0.271. The number of hydrogen-bond acceptors (Lipinski definition) is 4. The summed E-state index contributed by atoms with van der Waals surface area (Å²) in [4.78, 5) is 5.68. The summed E-state index contributed by atoms with van der Waals surface area (Å²) in [6, 6.07) is 10.5. The van der Waals surface area contributed by atoms with E-state index >= 15 is 0 Å². The van der Waals surface area contributed by atoms with E-state index in [0.29, 0.717) is 5.25 Å². The van der Waals surface area contributed by atoms with Crippen LogP contribution >= 0.6 is 23.5 Å². The van der Waals surface area contributed by atoms with Gasteiger partial charge in [0.1, 0.15) is 0 Å². The van der Waals surface area contributed by atoms with Gasteiger partial charge in [-0.25, -0.2) is 4.98 Å². The first-order chi connectivity index (χ1) is 9.70. The largest absolute Gasteiger partial charge is 0.390 e. The molecule has 0 amide bonds. The minimum Gasteiger partial charge on any atom is -0.390 e.